The van der Waals surface area contributed by atoms with Gasteiger partial charge in [-0.1, -0.05) is 20.8 Å². The van der Waals surface area contributed by atoms with Crippen molar-refractivity contribution in [2.45, 2.75) is 72.1 Å². The molecular weight excluding hydrogens is 443 g/mol. The number of amides is 2. The molecule has 2 amide bonds. The van der Waals surface area contributed by atoms with E-state index in [-0.39, 0.29) is 50.0 Å². The van der Waals surface area contributed by atoms with Crippen LogP contribution in [0.5, 0.6) is 5.75 Å². The second-order valence-corrected chi connectivity index (χ2v) is 9.83. The van der Waals surface area contributed by atoms with E-state index in [9.17, 15) is 23.6 Å². The second kappa shape index (κ2) is 10.9. The first-order valence-corrected chi connectivity index (χ1v) is 11.6. The first-order valence-electron chi connectivity index (χ1n) is 11.6. The van der Waals surface area contributed by atoms with Crippen LogP contribution in [0.3, 0.4) is 0 Å². The van der Waals surface area contributed by atoms with Crippen LogP contribution < -0.4 is 4.74 Å². The molecule has 1 aliphatic carbocycles. The summed E-state index contributed by atoms with van der Waals surface area (Å²) in [6.07, 6.45) is 2.84. The zero-order valence-electron chi connectivity index (χ0n) is 19.9. The van der Waals surface area contributed by atoms with Gasteiger partial charge in [-0.15, -0.1) is 5.06 Å². The maximum absolute atomic E-state index is 14.9. The van der Waals surface area contributed by atoms with Crippen LogP contribution in [0.15, 0.2) is 17.1 Å². The Morgan fingerprint density at radius 1 is 1.09 bits per heavy atom. The molecule has 0 bridgehead atoms. The quantitative estimate of drug-likeness (QED) is 0.399. The zero-order valence-corrected chi connectivity index (χ0v) is 19.9. The third kappa shape index (κ3) is 6.95. The molecule has 34 heavy (non-hydrogen) atoms. The summed E-state index contributed by atoms with van der Waals surface area (Å²) in [4.78, 5) is 56.2. The first-order chi connectivity index (χ1) is 16.0. The van der Waals surface area contributed by atoms with Crippen LogP contribution in [-0.4, -0.2) is 47.5 Å². The van der Waals surface area contributed by atoms with Gasteiger partial charge < -0.3 is 9.57 Å². The van der Waals surface area contributed by atoms with Gasteiger partial charge in [-0.2, -0.15) is 0 Å². The van der Waals surface area contributed by atoms with Gasteiger partial charge in [0.15, 0.2) is 5.78 Å². The van der Waals surface area contributed by atoms with Crippen LogP contribution in [0.1, 0.15) is 76.8 Å². The summed E-state index contributed by atoms with van der Waals surface area (Å²) in [6, 6.07) is 3.06. The Morgan fingerprint density at radius 2 is 1.79 bits per heavy atom. The van der Waals surface area contributed by atoms with Gasteiger partial charge >= 0.3 is 5.97 Å². The van der Waals surface area contributed by atoms with E-state index in [2.05, 4.69) is 4.99 Å². The van der Waals surface area contributed by atoms with Gasteiger partial charge in [0.1, 0.15) is 11.6 Å². The van der Waals surface area contributed by atoms with Crippen LogP contribution in [0, 0.1) is 11.2 Å². The Kier molecular flexibility index (Phi) is 8.17. The van der Waals surface area contributed by atoms with Crippen molar-refractivity contribution in [3.8, 4) is 5.75 Å². The predicted molar refractivity (Wildman–Crippen MR) is 122 cm³/mol. The van der Waals surface area contributed by atoms with Gasteiger partial charge in [-0.05, 0) is 42.7 Å². The number of aliphatic imine (C=N–C) groups is 1. The number of hydrogen-bond donors (Lipinski definition) is 0. The molecule has 1 aromatic carbocycles. The Labute approximate surface area is 198 Å². The molecule has 0 aromatic heterocycles. The maximum Gasteiger partial charge on any atom is 0.333 e. The number of ether oxygens (including phenoxy) is 1. The minimum absolute atomic E-state index is 0.0319. The van der Waals surface area contributed by atoms with Crippen molar-refractivity contribution >= 4 is 29.3 Å². The molecule has 9 heteroatoms. The lowest BCUT2D eigenvalue weighted by Crippen LogP contribution is -2.32. The van der Waals surface area contributed by atoms with E-state index in [1.54, 1.807) is 6.07 Å². The topological polar surface area (TPSA) is 102 Å². The summed E-state index contributed by atoms with van der Waals surface area (Å²) in [5.74, 6) is -1.82. The van der Waals surface area contributed by atoms with Crippen molar-refractivity contribution in [1.82, 2.24) is 5.06 Å². The Hall–Kier alpha value is -3.10. The standard InChI is InChI=1S/C25H31FN2O6/c1-25(2,3)14-17(29)15-27-20-7-4-6-16-12-18(13-19(26)24(16)20)33-11-5-8-23(32)34-28-21(30)9-10-22(28)31/h12-13H,4-11,14-15H2,1-3H3. The second-order valence-electron chi connectivity index (χ2n) is 9.83. The number of benzene rings is 1. The maximum atomic E-state index is 14.9. The normalized spacial score (nSPS) is 17.2. The minimum Gasteiger partial charge on any atom is -0.493 e. The number of carbonyl (C=O) groups is 4. The molecule has 0 atom stereocenters. The largest absolute Gasteiger partial charge is 0.493 e. The molecule has 0 N–H and O–H groups in total. The number of halogens is 1. The highest BCUT2D eigenvalue weighted by Gasteiger charge is 2.32. The van der Waals surface area contributed by atoms with Gasteiger partial charge in [0.2, 0.25) is 0 Å². The predicted octanol–water partition coefficient (Wildman–Crippen LogP) is 3.72. The van der Waals surface area contributed by atoms with Crippen molar-refractivity contribution in [3.63, 3.8) is 0 Å². The zero-order chi connectivity index (χ0) is 24.9. The van der Waals surface area contributed by atoms with Crippen molar-refractivity contribution in [2.24, 2.45) is 10.4 Å². The molecule has 1 aliphatic heterocycles. The van der Waals surface area contributed by atoms with Crippen LogP contribution in [-0.2, 0) is 30.4 Å². The van der Waals surface area contributed by atoms with Crippen molar-refractivity contribution in [1.29, 1.82) is 0 Å². The highest BCUT2D eigenvalue weighted by Crippen LogP contribution is 2.29. The third-order valence-electron chi connectivity index (χ3n) is 5.46. The molecular formula is C25H31FN2O6. The smallest absolute Gasteiger partial charge is 0.333 e. The van der Waals surface area contributed by atoms with Gasteiger partial charge in [0, 0.05) is 36.6 Å². The van der Waals surface area contributed by atoms with E-state index in [1.165, 1.54) is 6.07 Å². The molecule has 184 valence electrons. The van der Waals surface area contributed by atoms with E-state index in [1.807, 2.05) is 20.8 Å². The average molecular weight is 475 g/mol. The molecule has 0 unspecified atom stereocenters. The highest BCUT2D eigenvalue weighted by atomic mass is 19.1. The monoisotopic (exact) mass is 474 g/mol. The van der Waals surface area contributed by atoms with Crippen molar-refractivity contribution in [2.75, 3.05) is 13.2 Å². The number of nitrogens with zero attached hydrogens (tertiary/aromatic N) is 2. The minimum atomic E-state index is -0.703. The summed E-state index contributed by atoms with van der Waals surface area (Å²) in [5.41, 5.74) is 1.74. The van der Waals surface area contributed by atoms with Crippen molar-refractivity contribution < 1.29 is 33.1 Å². The number of imide groups is 1. The van der Waals surface area contributed by atoms with Crippen LogP contribution in [0.4, 0.5) is 4.39 Å². The van der Waals surface area contributed by atoms with Gasteiger partial charge in [-0.25, -0.2) is 9.18 Å². The Morgan fingerprint density at radius 3 is 2.47 bits per heavy atom. The number of Topliss-reactive ketones (excluding diaryl/α,β-unsaturated/α-hetero) is 1. The van der Waals surface area contributed by atoms with Crippen LogP contribution in [0.2, 0.25) is 0 Å². The number of hydrogen-bond acceptors (Lipinski definition) is 7. The molecule has 2 aliphatic rings. The van der Waals surface area contributed by atoms with E-state index in [0.717, 1.165) is 12.0 Å². The van der Waals surface area contributed by atoms with Crippen molar-refractivity contribution in [3.05, 3.63) is 29.1 Å². The third-order valence-corrected chi connectivity index (χ3v) is 5.46. The number of rotatable bonds is 9. The number of carbonyl (C=O) groups excluding carboxylic acids is 4. The van der Waals surface area contributed by atoms with Crippen LogP contribution >= 0.6 is 0 Å². The fourth-order valence-electron chi connectivity index (χ4n) is 4.01. The van der Waals surface area contributed by atoms with Gasteiger partial charge in [-0.3, -0.25) is 19.4 Å². The number of fused-ring (bicyclic) bond motifs is 1. The summed E-state index contributed by atoms with van der Waals surface area (Å²) in [7, 11) is 0. The molecule has 0 radical (unpaired) electrons. The van der Waals surface area contributed by atoms with Gasteiger partial charge in [0.05, 0.1) is 19.6 Å². The summed E-state index contributed by atoms with van der Waals surface area (Å²) >= 11 is 0. The van der Waals surface area contributed by atoms with Crippen LogP contribution in [0.25, 0.3) is 0 Å². The fourth-order valence-corrected chi connectivity index (χ4v) is 4.01. The SMILES string of the molecule is CC(C)(C)CC(=O)CN=C1CCCc2cc(OCCCC(=O)ON3C(=O)CCC3=O)cc(F)c21. The number of ketones is 1. The molecule has 1 heterocycles. The Balaban J connectivity index is 1.54. The molecule has 1 fully saturated rings. The summed E-state index contributed by atoms with van der Waals surface area (Å²) in [6.45, 7) is 6.17. The first kappa shape index (κ1) is 25.5. The molecule has 1 aromatic rings. The average Bonchev–Trinajstić information content (AvgIpc) is 3.06. The lowest BCUT2D eigenvalue weighted by atomic mass is 9.88. The molecule has 8 nitrogen and oxygen atoms in total. The molecule has 0 saturated carbocycles. The molecule has 0 spiro atoms. The number of aryl methyl sites for hydroxylation is 1. The highest BCUT2D eigenvalue weighted by molar-refractivity contribution is 6.04. The van der Waals surface area contributed by atoms with E-state index in [4.69, 9.17) is 9.57 Å². The lowest BCUT2D eigenvalue weighted by Gasteiger charge is -2.21. The lowest BCUT2D eigenvalue weighted by molar-refractivity contribution is -0.197. The fraction of sp³-hybridized carbons (Fsp3) is 0.560. The molecule has 3 rings (SSSR count). The summed E-state index contributed by atoms with van der Waals surface area (Å²) in [5, 5.41) is 0.512. The van der Waals surface area contributed by atoms with E-state index >= 15 is 0 Å². The van der Waals surface area contributed by atoms with E-state index < -0.39 is 23.6 Å². The molecule has 1 saturated heterocycles. The number of hydroxylamine groups is 2. The Bertz CT molecular complexity index is 995. The van der Waals surface area contributed by atoms with Gasteiger partial charge in [0.25, 0.3) is 11.8 Å². The summed E-state index contributed by atoms with van der Waals surface area (Å²) < 4.78 is 20.5. The van der Waals surface area contributed by atoms with E-state index in [0.29, 0.717) is 41.4 Å².